The van der Waals surface area contributed by atoms with Gasteiger partial charge in [0.1, 0.15) is 11.6 Å². The minimum atomic E-state index is -0.996. The van der Waals surface area contributed by atoms with Gasteiger partial charge in [-0.25, -0.2) is 9.59 Å². The summed E-state index contributed by atoms with van der Waals surface area (Å²) in [4.78, 5) is 65.5. The molecule has 6 rings (SSSR count). The number of carbonyl (C=O) groups excluding carboxylic acids is 4. The van der Waals surface area contributed by atoms with Crippen LogP contribution in [0.4, 0.5) is 15.3 Å². The second kappa shape index (κ2) is 18.3. The summed E-state index contributed by atoms with van der Waals surface area (Å²) in [6.07, 6.45) is 2.10. The van der Waals surface area contributed by atoms with Crippen LogP contribution in [0.15, 0.2) is 66.7 Å². The van der Waals surface area contributed by atoms with Crippen molar-refractivity contribution in [1.29, 1.82) is 0 Å². The molecule has 1 saturated heterocycles. The average Bonchev–Trinajstić information content (AvgIpc) is 3.91. The molecule has 16 nitrogen and oxygen atoms in total. The van der Waals surface area contributed by atoms with E-state index in [2.05, 4.69) is 41.9 Å². The molecule has 0 spiro atoms. The number of aromatic nitrogens is 4. The van der Waals surface area contributed by atoms with E-state index in [0.29, 0.717) is 49.4 Å². The first-order valence-corrected chi connectivity index (χ1v) is 19.6. The standard InChI is InChI=1S/C42H51N9O7/c1-25-5-10-31(38(53)45-33-19-20-51(24-33)41(56)57)22-34(25)28-11-6-26(7-12-28)21-35(39(54)44-32-17-15-29(16-18-32)36-47-49-50-48-36)46-37(52)30-13-8-27(9-14-30)23-43-40(55)58-42(2,3)4/h5-7,10-12,15-18,22,27,30,33,35H,8-9,13-14,19-21,23-24H2,1-4H3,(H,43,55)(H,44,54)(H,45,53)(H,46,52)(H,56,57)(H,47,48,49,50)/t27?,30?,33-,35+/m1/s1. The predicted octanol–water partition coefficient (Wildman–Crippen LogP) is 5.32. The maximum absolute atomic E-state index is 13.9. The minimum Gasteiger partial charge on any atom is -0.465 e. The zero-order valence-electron chi connectivity index (χ0n) is 33.2. The number of aryl methyl sites for hydroxylation is 1. The van der Waals surface area contributed by atoms with E-state index in [9.17, 15) is 29.1 Å². The molecule has 58 heavy (non-hydrogen) atoms. The number of tetrazole rings is 1. The Labute approximate surface area is 336 Å². The van der Waals surface area contributed by atoms with Crippen LogP contribution in [0.1, 0.15) is 74.4 Å². The fourth-order valence-electron chi connectivity index (χ4n) is 7.34. The van der Waals surface area contributed by atoms with Crippen molar-refractivity contribution in [2.75, 3.05) is 25.0 Å². The van der Waals surface area contributed by atoms with Gasteiger partial charge in [-0.1, -0.05) is 30.3 Å². The van der Waals surface area contributed by atoms with Crippen LogP contribution in [0, 0.1) is 18.8 Å². The number of hydrogen-bond acceptors (Lipinski definition) is 9. The lowest BCUT2D eigenvalue weighted by Gasteiger charge is -2.29. The van der Waals surface area contributed by atoms with E-state index >= 15 is 0 Å². The average molecular weight is 794 g/mol. The highest BCUT2D eigenvalue weighted by molar-refractivity contribution is 5.98. The molecule has 2 fully saturated rings. The minimum absolute atomic E-state index is 0.193. The number of benzene rings is 3. The molecular weight excluding hydrogens is 743 g/mol. The lowest BCUT2D eigenvalue weighted by Crippen LogP contribution is -2.48. The van der Waals surface area contributed by atoms with E-state index in [1.807, 2.05) is 64.1 Å². The van der Waals surface area contributed by atoms with Gasteiger partial charge in [0.2, 0.25) is 17.6 Å². The molecular formula is C42H51N9O7. The zero-order chi connectivity index (χ0) is 41.4. The maximum Gasteiger partial charge on any atom is 0.407 e. The summed E-state index contributed by atoms with van der Waals surface area (Å²) in [6.45, 7) is 8.51. The predicted molar refractivity (Wildman–Crippen MR) is 216 cm³/mol. The number of likely N-dealkylation sites (tertiary alicyclic amines) is 1. The molecule has 2 aliphatic rings. The van der Waals surface area contributed by atoms with Crippen LogP contribution in [0.25, 0.3) is 22.5 Å². The third-order valence-corrected chi connectivity index (χ3v) is 10.5. The maximum atomic E-state index is 13.9. The molecule has 0 radical (unpaired) electrons. The summed E-state index contributed by atoms with van der Waals surface area (Å²) in [5.41, 5.74) is 4.67. The van der Waals surface area contributed by atoms with E-state index in [4.69, 9.17) is 4.74 Å². The number of carbonyl (C=O) groups is 5. The quantitative estimate of drug-likeness (QED) is 0.108. The fourth-order valence-corrected chi connectivity index (χ4v) is 7.34. The van der Waals surface area contributed by atoms with Crippen LogP contribution in [-0.2, 0) is 20.7 Å². The number of carboxylic acid groups (broad SMARTS) is 1. The number of anilines is 1. The normalized spacial score (nSPS) is 18.5. The van der Waals surface area contributed by atoms with Gasteiger partial charge in [0.25, 0.3) is 5.91 Å². The third-order valence-electron chi connectivity index (χ3n) is 10.5. The molecule has 3 aromatic carbocycles. The molecule has 1 aliphatic heterocycles. The molecule has 0 unspecified atom stereocenters. The molecule has 1 saturated carbocycles. The summed E-state index contributed by atoms with van der Waals surface area (Å²) in [6, 6.07) is 19.0. The van der Waals surface area contributed by atoms with Gasteiger partial charge in [-0.05, 0) is 130 Å². The number of rotatable bonds is 12. The van der Waals surface area contributed by atoms with Crippen LogP contribution >= 0.6 is 0 Å². The van der Waals surface area contributed by atoms with Crippen molar-refractivity contribution < 1.29 is 33.8 Å². The van der Waals surface area contributed by atoms with Crippen LogP contribution in [0.2, 0.25) is 0 Å². The van der Waals surface area contributed by atoms with E-state index in [1.54, 1.807) is 30.3 Å². The highest BCUT2D eigenvalue weighted by Crippen LogP contribution is 2.30. The second-order valence-corrected chi connectivity index (χ2v) is 16.1. The zero-order valence-corrected chi connectivity index (χ0v) is 33.2. The van der Waals surface area contributed by atoms with Gasteiger partial charge < -0.3 is 36.0 Å². The Hall–Kier alpha value is -6.32. The first-order chi connectivity index (χ1) is 27.7. The van der Waals surface area contributed by atoms with Crippen molar-refractivity contribution >= 4 is 35.6 Å². The van der Waals surface area contributed by atoms with Crippen LogP contribution in [-0.4, -0.2) is 97.9 Å². The molecule has 5 amide bonds. The van der Waals surface area contributed by atoms with E-state index < -0.39 is 23.8 Å². The largest absolute Gasteiger partial charge is 0.465 e. The highest BCUT2D eigenvalue weighted by Gasteiger charge is 2.31. The number of hydrogen-bond donors (Lipinski definition) is 6. The van der Waals surface area contributed by atoms with Gasteiger partial charge >= 0.3 is 12.2 Å². The Kier molecular flexibility index (Phi) is 13.0. The highest BCUT2D eigenvalue weighted by atomic mass is 16.6. The molecule has 1 aliphatic carbocycles. The van der Waals surface area contributed by atoms with Gasteiger partial charge in [-0.2, -0.15) is 5.21 Å². The molecule has 2 atom stereocenters. The first kappa shape index (κ1) is 41.3. The Morgan fingerprint density at radius 3 is 2.28 bits per heavy atom. The van der Waals surface area contributed by atoms with Gasteiger partial charge in [0.15, 0.2) is 0 Å². The Morgan fingerprint density at radius 2 is 1.64 bits per heavy atom. The van der Waals surface area contributed by atoms with Crippen LogP contribution < -0.4 is 21.3 Å². The van der Waals surface area contributed by atoms with Gasteiger partial charge in [0, 0.05) is 54.8 Å². The van der Waals surface area contributed by atoms with Crippen LogP contribution in [0.3, 0.4) is 0 Å². The number of alkyl carbamates (subject to hydrolysis) is 1. The summed E-state index contributed by atoms with van der Waals surface area (Å²) in [5.74, 6) is -0.465. The topological polar surface area (TPSA) is 221 Å². The van der Waals surface area contributed by atoms with Crippen molar-refractivity contribution in [3.8, 4) is 22.5 Å². The SMILES string of the molecule is Cc1ccc(C(=O)N[C@@H]2CCN(C(=O)O)C2)cc1-c1ccc(C[C@H](NC(=O)C2CCC(CNC(=O)OC(C)(C)C)CC2)C(=O)Nc2ccc(-c3nn[nH]n3)cc2)cc1. The van der Waals surface area contributed by atoms with Gasteiger partial charge in [0.05, 0.1) is 0 Å². The molecule has 1 aromatic heterocycles. The van der Waals surface area contributed by atoms with Crippen molar-refractivity contribution in [3.63, 3.8) is 0 Å². The molecule has 4 aromatic rings. The van der Waals surface area contributed by atoms with Crippen molar-refractivity contribution in [2.24, 2.45) is 11.8 Å². The van der Waals surface area contributed by atoms with E-state index in [1.165, 1.54) is 4.90 Å². The lowest BCUT2D eigenvalue weighted by atomic mass is 9.81. The van der Waals surface area contributed by atoms with E-state index in [-0.39, 0.29) is 48.6 Å². The number of nitrogens with zero attached hydrogens (tertiary/aromatic N) is 4. The van der Waals surface area contributed by atoms with Gasteiger partial charge in [-0.15, -0.1) is 10.2 Å². The summed E-state index contributed by atoms with van der Waals surface area (Å²) < 4.78 is 5.35. The molecule has 306 valence electrons. The number of ether oxygens (including phenoxy) is 1. The van der Waals surface area contributed by atoms with Crippen molar-refractivity contribution in [3.05, 3.63) is 83.4 Å². The smallest absolute Gasteiger partial charge is 0.407 e. The number of nitrogens with one attached hydrogen (secondary N) is 5. The molecule has 6 N–H and O–H groups in total. The summed E-state index contributed by atoms with van der Waals surface area (Å²) >= 11 is 0. The van der Waals surface area contributed by atoms with Crippen molar-refractivity contribution in [2.45, 2.75) is 83.9 Å². The second-order valence-electron chi connectivity index (χ2n) is 16.1. The summed E-state index contributed by atoms with van der Waals surface area (Å²) in [5, 5.41) is 35.1. The Bertz CT molecular complexity index is 2080. The Morgan fingerprint density at radius 1 is 0.931 bits per heavy atom. The summed E-state index contributed by atoms with van der Waals surface area (Å²) in [7, 11) is 0. The fraction of sp³-hybridized carbons (Fsp3) is 0.429. The Balaban J connectivity index is 1.12. The number of amides is 5. The number of H-pyrrole nitrogens is 1. The monoisotopic (exact) mass is 793 g/mol. The van der Waals surface area contributed by atoms with E-state index in [0.717, 1.165) is 40.7 Å². The van der Waals surface area contributed by atoms with Crippen LogP contribution in [0.5, 0.6) is 0 Å². The van der Waals surface area contributed by atoms with Crippen molar-refractivity contribution in [1.82, 2.24) is 41.5 Å². The lowest BCUT2D eigenvalue weighted by molar-refractivity contribution is -0.130. The number of aromatic amines is 1. The third kappa shape index (κ3) is 11.2. The van der Waals surface area contributed by atoms with Gasteiger partial charge in [-0.3, -0.25) is 14.4 Å². The molecule has 2 heterocycles. The first-order valence-electron chi connectivity index (χ1n) is 19.6. The molecule has 0 bridgehead atoms. The molecule has 16 heteroatoms.